The lowest BCUT2D eigenvalue weighted by Crippen LogP contribution is -2.34. The van der Waals surface area contributed by atoms with Crippen molar-refractivity contribution < 1.29 is 4.79 Å². The number of nitrogen functional groups attached to an aromatic ring is 1. The summed E-state index contributed by atoms with van der Waals surface area (Å²) < 4.78 is 0. The molecule has 0 saturated carbocycles. The Kier molecular flexibility index (Phi) is 4.93. The fourth-order valence-corrected chi connectivity index (χ4v) is 2.25. The largest absolute Gasteiger partial charge is 0.384 e. The summed E-state index contributed by atoms with van der Waals surface area (Å²) in [6.07, 6.45) is 1.55. The number of rotatable bonds is 5. The number of aromatic nitrogens is 1. The molecule has 1 unspecified atom stereocenters. The van der Waals surface area contributed by atoms with Crippen molar-refractivity contribution in [1.82, 2.24) is 10.3 Å². The number of hydrogen-bond donors (Lipinski definition) is 2. The van der Waals surface area contributed by atoms with Crippen LogP contribution in [-0.2, 0) is 12.8 Å². The maximum absolute atomic E-state index is 12.3. The number of benzene rings is 1. The Morgan fingerprint density at radius 1 is 1.29 bits per heavy atom. The van der Waals surface area contributed by atoms with Crippen LogP contribution in [0.1, 0.15) is 35.5 Å². The molecule has 1 amide bonds. The van der Waals surface area contributed by atoms with Gasteiger partial charge >= 0.3 is 0 Å². The molecule has 4 nitrogen and oxygen atoms in total. The van der Waals surface area contributed by atoms with E-state index in [-0.39, 0.29) is 11.9 Å². The van der Waals surface area contributed by atoms with Crippen LogP contribution in [0.5, 0.6) is 0 Å². The minimum Gasteiger partial charge on any atom is -0.384 e. The van der Waals surface area contributed by atoms with E-state index in [4.69, 9.17) is 5.73 Å². The van der Waals surface area contributed by atoms with Gasteiger partial charge in [-0.2, -0.15) is 0 Å². The van der Waals surface area contributed by atoms with E-state index in [0.29, 0.717) is 11.4 Å². The van der Waals surface area contributed by atoms with Crippen LogP contribution in [0.3, 0.4) is 0 Å². The molecule has 4 heteroatoms. The van der Waals surface area contributed by atoms with Gasteiger partial charge in [-0.1, -0.05) is 37.3 Å². The van der Waals surface area contributed by atoms with E-state index in [1.54, 1.807) is 12.1 Å². The molecule has 1 heterocycles. The summed E-state index contributed by atoms with van der Waals surface area (Å²) in [5, 5.41) is 3.00. The molecule has 0 saturated heterocycles. The number of nitrogens with one attached hydrogen (secondary N) is 1. The maximum atomic E-state index is 12.3. The lowest BCUT2D eigenvalue weighted by molar-refractivity contribution is 0.0940. The van der Waals surface area contributed by atoms with Crippen molar-refractivity contribution in [2.24, 2.45) is 0 Å². The summed E-state index contributed by atoms with van der Waals surface area (Å²) in [5.74, 6) is 0.275. The predicted octanol–water partition coefficient (Wildman–Crippen LogP) is 2.59. The Morgan fingerprint density at radius 3 is 2.67 bits per heavy atom. The summed E-state index contributed by atoms with van der Waals surface area (Å²) in [6, 6.07) is 13.6. The van der Waals surface area contributed by atoms with Gasteiger partial charge in [-0.25, -0.2) is 4.98 Å². The third kappa shape index (κ3) is 4.31. The standard InChI is InChI=1S/C17H21N3O/c1-3-15-10-14(11-16(18)20-15)17(21)19-12(2)9-13-7-5-4-6-8-13/h4-8,10-12H,3,9H2,1-2H3,(H2,18,20)(H,19,21). The second-order valence-electron chi connectivity index (χ2n) is 5.19. The maximum Gasteiger partial charge on any atom is 0.251 e. The highest BCUT2D eigenvalue weighted by Gasteiger charge is 2.12. The van der Waals surface area contributed by atoms with Crippen LogP contribution >= 0.6 is 0 Å². The average Bonchev–Trinajstić information content (AvgIpc) is 2.47. The molecule has 0 aliphatic carbocycles. The first-order valence-corrected chi connectivity index (χ1v) is 7.19. The molecule has 0 aliphatic rings. The van der Waals surface area contributed by atoms with Gasteiger partial charge in [-0.15, -0.1) is 0 Å². The van der Waals surface area contributed by atoms with Crippen molar-refractivity contribution >= 4 is 11.7 Å². The summed E-state index contributed by atoms with van der Waals surface area (Å²) in [6.45, 7) is 3.98. The highest BCUT2D eigenvalue weighted by Crippen LogP contribution is 2.09. The first-order valence-electron chi connectivity index (χ1n) is 7.19. The molecule has 0 aliphatic heterocycles. The summed E-state index contributed by atoms with van der Waals surface area (Å²) in [7, 11) is 0. The Bertz CT molecular complexity index is 611. The molecule has 0 spiro atoms. The van der Waals surface area contributed by atoms with Crippen LogP contribution in [0.4, 0.5) is 5.82 Å². The second-order valence-corrected chi connectivity index (χ2v) is 5.19. The Labute approximate surface area is 125 Å². The van der Waals surface area contributed by atoms with Crippen LogP contribution < -0.4 is 11.1 Å². The average molecular weight is 283 g/mol. The van der Waals surface area contributed by atoms with Gasteiger partial charge in [-0.05, 0) is 37.5 Å². The van der Waals surface area contributed by atoms with Gasteiger partial charge in [0, 0.05) is 17.3 Å². The molecule has 3 N–H and O–H groups in total. The zero-order chi connectivity index (χ0) is 15.2. The van der Waals surface area contributed by atoms with Gasteiger partial charge in [0.15, 0.2) is 0 Å². The van der Waals surface area contributed by atoms with E-state index in [1.807, 2.05) is 32.0 Å². The van der Waals surface area contributed by atoms with Crippen molar-refractivity contribution in [1.29, 1.82) is 0 Å². The molecule has 110 valence electrons. The van der Waals surface area contributed by atoms with Crippen molar-refractivity contribution in [3.63, 3.8) is 0 Å². The van der Waals surface area contributed by atoms with Crippen molar-refractivity contribution in [2.45, 2.75) is 32.7 Å². The van der Waals surface area contributed by atoms with Crippen LogP contribution in [0.25, 0.3) is 0 Å². The highest BCUT2D eigenvalue weighted by molar-refractivity contribution is 5.95. The fraction of sp³-hybridized carbons (Fsp3) is 0.294. The molecule has 2 aromatic rings. The minimum absolute atomic E-state index is 0.0550. The lowest BCUT2D eigenvalue weighted by Gasteiger charge is -2.14. The first-order chi connectivity index (χ1) is 10.1. The summed E-state index contributed by atoms with van der Waals surface area (Å²) >= 11 is 0. The predicted molar refractivity (Wildman–Crippen MR) is 85.1 cm³/mol. The molecule has 0 fully saturated rings. The third-order valence-corrected chi connectivity index (χ3v) is 3.28. The van der Waals surface area contributed by atoms with E-state index in [2.05, 4.69) is 22.4 Å². The highest BCUT2D eigenvalue weighted by atomic mass is 16.1. The molecule has 1 aromatic carbocycles. The van der Waals surface area contributed by atoms with E-state index < -0.39 is 0 Å². The van der Waals surface area contributed by atoms with Gasteiger partial charge in [0.1, 0.15) is 5.82 Å². The number of anilines is 1. The third-order valence-electron chi connectivity index (χ3n) is 3.28. The normalized spacial score (nSPS) is 11.9. The van der Waals surface area contributed by atoms with Gasteiger partial charge in [0.2, 0.25) is 0 Å². The van der Waals surface area contributed by atoms with Gasteiger partial charge < -0.3 is 11.1 Å². The zero-order valence-electron chi connectivity index (χ0n) is 12.5. The zero-order valence-corrected chi connectivity index (χ0v) is 12.5. The number of amides is 1. The smallest absolute Gasteiger partial charge is 0.251 e. The van der Waals surface area contributed by atoms with Gasteiger partial charge in [0.05, 0.1) is 0 Å². The van der Waals surface area contributed by atoms with Crippen molar-refractivity contribution in [3.8, 4) is 0 Å². The molecule has 1 aromatic heterocycles. The molecule has 1 atom stereocenters. The van der Waals surface area contributed by atoms with Crippen LogP contribution in [0.15, 0.2) is 42.5 Å². The Hall–Kier alpha value is -2.36. The van der Waals surface area contributed by atoms with Crippen LogP contribution in [-0.4, -0.2) is 16.9 Å². The van der Waals surface area contributed by atoms with Crippen molar-refractivity contribution in [2.75, 3.05) is 5.73 Å². The number of nitrogens with two attached hydrogens (primary N) is 1. The van der Waals surface area contributed by atoms with Crippen LogP contribution in [0, 0.1) is 0 Å². The second kappa shape index (κ2) is 6.88. The molecule has 0 bridgehead atoms. The molecule has 21 heavy (non-hydrogen) atoms. The molecule has 0 radical (unpaired) electrons. The number of hydrogen-bond acceptors (Lipinski definition) is 3. The number of carbonyl (C=O) groups excluding carboxylic acids is 1. The van der Waals surface area contributed by atoms with Crippen molar-refractivity contribution in [3.05, 3.63) is 59.3 Å². The van der Waals surface area contributed by atoms with E-state index >= 15 is 0 Å². The number of pyridine rings is 1. The lowest BCUT2D eigenvalue weighted by atomic mass is 10.1. The van der Waals surface area contributed by atoms with E-state index in [9.17, 15) is 4.79 Å². The minimum atomic E-state index is -0.109. The Morgan fingerprint density at radius 2 is 2.00 bits per heavy atom. The molecular weight excluding hydrogens is 262 g/mol. The summed E-state index contributed by atoms with van der Waals surface area (Å²) in [5.41, 5.74) is 8.34. The SMILES string of the molecule is CCc1cc(C(=O)NC(C)Cc2ccccc2)cc(N)n1. The quantitative estimate of drug-likeness (QED) is 0.886. The molecular formula is C17H21N3O. The molecule has 2 rings (SSSR count). The van der Waals surface area contributed by atoms with Gasteiger partial charge in [0.25, 0.3) is 5.91 Å². The fourth-order valence-electron chi connectivity index (χ4n) is 2.25. The van der Waals surface area contributed by atoms with Gasteiger partial charge in [-0.3, -0.25) is 4.79 Å². The summed E-state index contributed by atoms with van der Waals surface area (Å²) in [4.78, 5) is 16.5. The first kappa shape index (κ1) is 15.0. The van der Waals surface area contributed by atoms with E-state index in [0.717, 1.165) is 18.5 Å². The van der Waals surface area contributed by atoms with Crippen LogP contribution in [0.2, 0.25) is 0 Å². The van der Waals surface area contributed by atoms with E-state index in [1.165, 1.54) is 5.56 Å². The topological polar surface area (TPSA) is 68.0 Å². The monoisotopic (exact) mass is 283 g/mol. The number of nitrogens with zero attached hydrogens (tertiary/aromatic N) is 1. The number of carbonyl (C=O) groups is 1. The Balaban J connectivity index is 2.02. The number of aryl methyl sites for hydroxylation is 1.